The van der Waals surface area contributed by atoms with Crippen molar-refractivity contribution in [3.05, 3.63) is 249 Å². The lowest BCUT2D eigenvalue weighted by molar-refractivity contribution is 1.13. The van der Waals surface area contributed by atoms with Crippen LogP contribution in [0.1, 0.15) is 0 Å². The molecule has 0 aliphatic heterocycles. The van der Waals surface area contributed by atoms with Crippen molar-refractivity contribution in [2.75, 3.05) is 0 Å². The number of benzene rings is 10. The van der Waals surface area contributed by atoms with Crippen LogP contribution in [0.15, 0.2) is 249 Å². The molecule has 11 aromatic rings. The normalized spacial score (nSPS) is 11.3. The fraction of sp³-hybridized carbons (Fsp3) is 0. The van der Waals surface area contributed by atoms with Gasteiger partial charge in [0.15, 0.2) is 0 Å². The van der Waals surface area contributed by atoms with Gasteiger partial charge in [0, 0.05) is 22.8 Å². The Labute approximate surface area is 357 Å². The highest BCUT2D eigenvalue weighted by Gasteiger charge is 2.19. The van der Waals surface area contributed by atoms with Gasteiger partial charge in [0.1, 0.15) is 0 Å². The van der Waals surface area contributed by atoms with Gasteiger partial charge >= 0.3 is 0 Å². The van der Waals surface area contributed by atoms with Crippen LogP contribution in [-0.4, -0.2) is 4.57 Å². The van der Waals surface area contributed by atoms with E-state index in [2.05, 4.69) is 253 Å². The van der Waals surface area contributed by atoms with Crippen LogP contribution < -0.4 is 0 Å². The molecule has 0 bridgehead atoms. The van der Waals surface area contributed by atoms with E-state index in [9.17, 15) is 0 Å². The number of rotatable bonds is 8. The Hall–Kier alpha value is -8.00. The second-order valence-corrected chi connectivity index (χ2v) is 15.7. The van der Waals surface area contributed by atoms with E-state index in [-0.39, 0.29) is 0 Å². The molecule has 0 atom stereocenters. The number of hydrogen-bond donors (Lipinski definition) is 0. The molecular formula is C60H41N. The highest BCUT2D eigenvalue weighted by Crippen LogP contribution is 2.44. The van der Waals surface area contributed by atoms with Crippen molar-refractivity contribution < 1.29 is 0 Å². The average molecular weight is 776 g/mol. The summed E-state index contributed by atoms with van der Waals surface area (Å²) in [5.74, 6) is 0. The van der Waals surface area contributed by atoms with Crippen LogP contribution in [0, 0.1) is 0 Å². The molecule has 0 N–H and O–H groups in total. The van der Waals surface area contributed by atoms with Gasteiger partial charge in [0.05, 0.1) is 5.52 Å². The zero-order valence-corrected chi connectivity index (χ0v) is 33.6. The summed E-state index contributed by atoms with van der Waals surface area (Å²) in [6.45, 7) is 0. The Bertz CT molecular complexity index is 3300. The second kappa shape index (κ2) is 15.6. The molecule has 10 aromatic carbocycles. The molecule has 11 rings (SSSR count). The fourth-order valence-corrected chi connectivity index (χ4v) is 9.01. The maximum atomic E-state index is 2.41. The third-order valence-electron chi connectivity index (χ3n) is 12.1. The molecule has 0 amide bonds. The molecule has 0 radical (unpaired) electrons. The quantitative estimate of drug-likeness (QED) is 0.145. The van der Waals surface area contributed by atoms with Crippen molar-refractivity contribution in [3.63, 3.8) is 0 Å². The standard InChI is InChI=1S/C60H41N/c1-5-16-42(17-6-1)48-30-35-54(56(38-48)45-20-9-3-10-21-45)50-32-37-60-58(40-50)59(55-36-31-49(43-18-7-2-8-19-43)39-57(55)46-22-11-4-12-23-46)41-61(60)51-33-28-47(29-34-51)53-27-15-25-44-24-13-14-26-52(44)53/h1-41H. The molecule has 0 unspecified atom stereocenters. The van der Waals surface area contributed by atoms with Crippen LogP contribution in [0.3, 0.4) is 0 Å². The maximum Gasteiger partial charge on any atom is 0.0535 e. The lowest BCUT2D eigenvalue weighted by Gasteiger charge is -2.15. The molecule has 61 heavy (non-hydrogen) atoms. The molecule has 286 valence electrons. The predicted molar refractivity (Wildman–Crippen MR) is 259 cm³/mol. The molecule has 0 fully saturated rings. The molecule has 1 heteroatoms. The van der Waals surface area contributed by atoms with Crippen LogP contribution in [0.25, 0.3) is 105 Å². The SMILES string of the molecule is c1ccc(-c2ccc(-c3ccc4c(c3)c(-c3ccc(-c5ccccc5)cc3-c3ccccc3)cn4-c3ccc(-c4cccc5ccccc45)cc3)c(-c3ccccc3)c2)cc1. The van der Waals surface area contributed by atoms with Crippen molar-refractivity contribution >= 4 is 21.7 Å². The molecule has 0 aliphatic carbocycles. The Balaban J connectivity index is 1.12. The molecule has 1 aromatic heterocycles. The van der Waals surface area contributed by atoms with Crippen molar-refractivity contribution in [2.45, 2.75) is 0 Å². The van der Waals surface area contributed by atoms with Gasteiger partial charge < -0.3 is 4.57 Å². The topological polar surface area (TPSA) is 4.93 Å². The first-order chi connectivity index (χ1) is 30.2. The van der Waals surface area contributed by atoms with Gasteiger partial charge in [0.25, 0.3) is 0 Å². The van der Waals surface area contributed by atoms with Gasteiger partial charge in [-0.25, -0.2) is 0 Å². The summed E-state index contributed by atoms with van der Waals surface area (Å²) in [4.78, 5) is 0. The Morgan fingerprint density at radius 1 is 0.230 bits per heavy atom. The van der Waals surface area contributed by atoms with Gasteiger partial charge in [-0.1, -0.05) is 206 Å². The van der Waals surface area contributed by atoms with Crippen molar-refractivity contribution in [1.29, 1.82) is 0 Å². The van der Waals surface area contributed by atoms with Crippen LogP contribution in [0.4, 0.5) is 0 Å². The largest absolute Gasteiger partial charge is 0.316 e. The van der Waals surface area contributed by atoms with E-state index in [1.807, 2.05) is 0 Å². The zero-order chi connectivity index (χ0) is 40.5. The number of hydrogen-bond acceptors (Lipinski definition) is 0. The van der Waals surface area contributed by atoms with Gasteiger partial charge in [-0.2, -0.15) is 0 Å². The van der Waals surface area contributed by atoms with Crippen LogP contribution in [-0.2, 0) is 0 Å². The smallest absolute Gasteiger partial charge is 0.0535 e. The average Bonchev–Trinajstić information content (AvgIpc) is 3.73. The molecule has 0 aliphatic rings. The number of nitrogens with zero attached hydrogens (tertiary/aromatic N) is 1. The molecule has 0 spiro atoms. The molecular weight excluding hydrogens is 735 g/mol. The summed E-state index contributed by atoms with van der Waals surface area (Å²) in [6, 6.07) is 88.1. The number of aromatic nitrogens is 1. The Kier molecular flexibility index (Phi) is 9.26. The van der Waals surface area contributed by atoms with E-state index in [1.165, 1.54) is 94.0 Å². The fourth-order valence-electron chi connectivity index (χ4n) is 9.01. The summed E-state index contributed by atoms with van der Waals surface area (Å²) in [7, 11) is 0. The van der Waals surface area contributed by atoms with E-state index < -0.39 is 0 Å². The summed E-state index contributed by atoms with van der Waals surface area (Å²) in [5.41, 5.74) is 19.1. The minimum atomic E-state index is 1.12. The molecule has 1 heterocycles. The van der Waals surface area contributed by atoms with E-state index >= 15 is 0 Å². The summed E-state index contributed by atoms with van der Waals surface area (Å²) < 4.78 is 2.37. The van der Waals surface area contributed by atoms with Gasteiger partial charge in [0.2, 0.25) is 0 Å². The van der Waals surface area contributed by atoms with E-state index in [1.54, 1.807) is 0 Å². The first-order valence-corrected chi connectivity index (χ1v) is 21.0. The van der Waals surface area contributed by atoms with E-state index in [4.69, 9.17) is 0 Å². The first-order valence-electron chi connectivity index (χ1n) is 21.0. The predicted octanol–water partition coefficient (Wildman–Crippen LogP) is 16.5. The Morgan fingerprint density at radius 2 is 0.705 bits per heavy atom. The van der Waals surface area contributed by atoms with Crippen molar-refractivity contribution in [2.24, 2.45) is 0 Å². The van der Waals surface area contributed by atoms with Crippen molar-refractivity contribution in [3.8, 4) is 83.6 Å². The lowest BCUT2D eigenvalue weighted by atomic mass is 9.89. The zero-order valence-electron chi connectivity index (χ0n) is 33.6. The second-order valence-electron chi connectivity index (χ2n) is 15.7. The van der Waals surface area contributed by atoms with Gasteiger partial charge in [-0.3, -0.25) is 0 Å². The first kappa shape index (κ1) is 36.1. The summed E-state index contributed by atoms with van der Waals surface area (Å²) >= 11 is 0. The van der Waals surface area contributed by atoms with Crippen LogP contribution >= 0.6 is 0 Å². The summed E-state index contributed by atoms with van der Waals surface area (Å²) in [5, 5.41) is 3.71. The van der Waals surface area contributed by atoms with Gasteiger partial charge in [-0.05, 0) is 119 Å². The highest BCUT2D eigenvalue weighted by atomic mass is 15.0. The molecule has 1 nitrogen and oxygen atoms in total. The van der Waals surface area contributed by atoms with Crippen LogP contribution in [0.2, 0.25) is 0 Å². The molecule has 0 saturated heterocycles. The monoisotopic (exact) mass is 775 g/mol. The maximum absolute atomic E-state index is 2.41. The third kappa shape index (κ3) is 6.83. The summed E-state index contributed by atoms with van der Waals surface area (Å²) in [6.07, 6.45) is 2.35. The lowest BCUT2D eigenvalue weighted by Crippen LogP contribution is -1.92. The minimum Gasteiger partial charge on any atom is -0.316 e. The van der Waals surface area contributed by atoms with Gasteiger partial charge in [-0.15, -0.1) is 0 Å². The van der Waals surface area contributed by atoms with E-state index in [0.717, 1.165) is 11.2 Å². The Morgan fingerprint density at radius 3 is 1.33 bits per heavy atom. The minimum absolute atomic E-state index is 1.12. The van der Waals surface area contributed by atoms with E-state index in [0.29, 0.717) is 0 Å². The highest BCUT2D eigenvalue weighted by molar-refractivity contribution is 6.04. The molecule has 0 saturated carbocycles. The third-order valence-corrected chi connectivity index (χ3v) is 12.1. The van der Waals surface area contributed by atoms with Crippen molar-refractivity contribution in [1.82, 2.24) is 4.57 Å². The number of fused-ring (bicyclic) bond motifs is 2. The van der Waals surface area contributed by atoms with Crippen LogP contribution in [0.5, 0.6) is 0 Å².